The summed E-state index contributed by atoms with van der Waals surface area (Å²) in [7, 11) is 1.56. The average Bonchev–Trinajstić information content (AvgIpc) is 2.55. The third-order valence-corrected chi connectivity index (χ3v) is 2.72. The van der Waals surface area contributed by atoms with Crippen molar-refractivity contribution in [3.05, 3.63) is 35.4 Å². The van der Waals surface area contributed by atoms with Gasteiger partial charge in [0.25, 0.3) is 11.8 Å². The van der Waals surface area contributed by atoms with Crippen LogP contribution >= 0.6 is 0 Å². The molecule has 16 heavy (non-hydrogen) atoms. The predicted molar refractivity (Wildman–Crippen MR) is 58.3 cm³/mol. The van der Waals surface area contributed by atoms with Crippen molar-refractivity contribution in [2.75, 3.05) is 13.7 Å². The number of amides is 2. The molecule has 1 aliphatic heterocycles. The first-order valence-corrected chi connectivity index (χ1v) is 5.13. The molecular weight excluding hydrogens is 206 g/mol. The van der Waals surface area contributed by atoms with Gasteiger partial charge in [0.2, 0.25) is 0 Å². The lowest BCUT2D eigenvalue weighted by Crippen LogP contribution is -2.36. The van der Waals surface area contributed by atoms with Gasteiger partial charge >= 0.3 is 0 Å². The van der Waals surface area contributed by atoms with E-state index in [9.17, 15) is 9.59 Å². The van der Waals surface area contributed by atoms with Gasteiger partial charge in [-0.3, -0.25) is 14.5 Å². The summed E-state index contributed by atoms with van der Waals surface area (Å²) in [5.74, 6) is -0.464. The van der Waals surface area contributed by atoms with E-state index in [-0.39, 0.29) is 17.9 Å². The van der Waals surface area contributed by atoms with Crippen molar-refractivity contribution in [1.29, 1.82) is 0 Å². The number of rotatable bonds is 3. The highest BCUT2D eigenvalue weighted by Crippen LogP contribution is 2.22. The van der Waals surface area contributed by atoms with E-state index in [1.165, 1.54) is 4.90 Å². The molecule has 84 valence electrons. The molecule has 2 rings (SSSR count). The minimum absolute atomic E-state index is 0.151. The van der Waals surface area contributed by atoms with Gasteiger partial charge in [-0.2, -0.15) is 0 Å². The second-order valence-corrected chi connectivity index (χ2v) is 3.81. The van der Waals surface area contributed by atoms with Gasteiger partial charge < -0.3 is 4.74 Å². The molecule has 0 aromatic heterocycles. The SMILES string of the molecule is CO[C@@H](C)CN1C(=O)c2ccccc2C1=O. The molecule has 0 N–H and O–H groups in total. The number of hydrogen-bond acceptors (Lipinski definition) is 3. The third kappa shape index (κ3) is 1.61. The molecule has 0 saturated heterocycles. The zero-order chi connectivity index (χ0) is 11.7. The lowest BCUT2D eigenvalue weighted by atomic mass is 10.1. The highest BCUT2D eigenvalue weighted by Gasteiger charge is 2.35. The Morgan fingerprint density at radius 3 is 2.12 bits per heavy atom. The van der Waals surface area contributed by atoms with E-state index in [0.717, 1.165) is 0 Å². The monoisotopic (exact) mass is 219 g/mol. The number of imide groups is 1. The molecule has 1 atom stereocenters. The number of ether oxygens (including phenoxy) is 1. The zero-order valence-electron chi connectivity index (χ0n) is 9.27. The Bertz CT molecular complexity index is 407. The Morgan fingerprint density at radius 2 is 1.69 bits per heavy atom. The topological polar surface area (TPSA) is 46.6 Å². The number of nitrogens with zero attached hydrogens (tertiary/aromatic N) is 1. The Morgan fingerprint density at radius 1 is 1.19 bits per heavy atom. The van der Waals surface area contributed by atoms with Crippen molar-refractivity contribution in [1.82, 2.24) is 4.90 Å². The Hall–Kier alpha value is -1.68. The van der Waals surface area contributed by atoms with Crippen molar-refractivity contribution in [2.24, 2.45) is 0 Å². The minimum Gasteiger partial charge on any atom is -0.380 e. The smallest absolute Gasteiger partial charge is 0.261 e. The van der Waals surface area contributed by atoms with Gasteiger partial charge in [-0.1, -0.05) is 12.1 Å². The summed E-state index contributed by atoms with van der Waals surface area (Å²) in [4.78, 5) is 25.1. The maximum Gasteiger partial charge on any atom is 0.261 e. The number of benzene rings is 1. The first-order chi connectivity index (χ1) is 7.65. The van der Waals surface area contributed by atoms with Crippen LogP contribution in [0.25, 0.3) is 0 Å². The highest BCUT2D eigenvalue weighted by atomic mass is 16.5. The zero-order valence-corrected chi connectivity index (χ0v) is 9.27. The van der Waals surface area contributed by atoms with Crippen molar-refractivity contribution >= 4 is 11.8 Å². The third-order valence-electron chi connectivity index (χ3n) is 2.72. The van der Waals surface area contributed by atoms with E-state index < -0.39 is 0 Å². The van der Waals surface area contributed by atoms with Gasteiger partial charge in [0.05, 0.1) is 23.8 Å². The van der Waals surface area contributed by atoms with E-state index in [1.54, 1.807) is 31.4 Å². The quantitative estimate of drug-likeness (QED) is 0.720. The summed E-state index contributed by atoms with van der Waals surface area (Å²) >= 11 is 0. The van der Waals surface area contributed by atoms with E-state index in [1.807, 2.05) is 6.92 Å². The number of fused-ring (bicyclic) bond motifs is 1. The van der Waals surface area contributed by atoms with Gasteiger partial charge in [0.15, 0.2) is 0 Å². The number of carbonyl (C=O) groups is 2. The van der Waals surface area contributed by atoms with Crippen LogP contribution in [0.4, 0.5) is 0 Å². The standard InChI is InChI=1S/C12H13NO3/c1-8(16-2)7-13-11(14)9-5-3-4-6-10(9)12(13)15/h3-6,8H,7H2,1-2H3/t8-/m0/s1. The summed E-state index contributed by atoms with van der Waals surface area (Å²) in [6, 6.07) is 6.86. The largest absolute Gasteiger partial charge is 0.380 e. The Kier molecular flexibility index (Phi) is 2.75. The number of carbonyl (C=O) groups excluding carboxylic acids is 2. The van der Waals surface area contributed by atoms with Crippen LogP contribution in [0.5, 0.6) is 0 Å². The van der Waals surface area contributed by atoms with Gasteiger partial charge in [-0.05, 0) is 19.1 Å². The fraction of sp³-hybridized carbons (Fsp3) is 0.333. The molecule has 4 nitrogen and oxygen atoms in total. The summed E-state index contributed by atoms with van der Waals surface area (Å²) in [6.07, 6.45) is -0.151. The van der Waals surface area contributed by atoms with Crippen molar-refractivity contribution in [3.8, 4) is 0 Å². The van der Waals surface area contributed by atoms with E-state index in [2.05, 4.69) is 0 Å². The fourth-order valence-electron chi connectivity index (χ4n) is 1.74. The van der Waals surface area contributed by atoms with E-state index in [4.69, 9.17) is 4.74 Å². The van der Waals surface area contributed by atoms with Gasteiger partial charge in [0, 0.05) is 7.11 Å². The Balaban J connectivity index is 2.28. The summed E-state index contributed by atoms with van der Waals surface area (Å²) < 4.78 is 5.06. The lowest BCUT2D eigenvalue weighted by molar-refractivity contribution is 0.0484. The van der Waals surface area contributed by atoms with Crippen LogP contribution in [0.1, 0.15) is 27.6 Å². The molecule has 0 unspecified atom stereocenters. The molecule has 0 fully saturated rings. The van der Waals surface area contributed by atoms with Gasteiger partial charge in [0.1, 0.15) is 0 Å². The molecule has 1 aromatic carbocycles. The van der Waals surface area contributed by atoms with Crippen LogP contribution in [-0.4, -0.2) is 36.5 Å². The molecule has 0 radical (unpaired) electrons. The predicted octanol–water partition coefficient (Wildman–Crippen LogP) is 1.32. The first kappa shape index (κ1) is 10.8. The van der Waals surface area contributed by atoms with Crippen LogP contribution in [-0.2, 0) is 4.74 Å². The normalized spacial score (nSPS) is 16.5. The second kappa shape index (κ2) is 4.06. The number of hydrogen-bond donors (Lipinski definition) is 0. The highest BCUT2D eigenvalue weighted by molar-refractivity contribution is 6.21. The molecule has 1 aliphatic rings. The van der Waals surface area contributed by atoms with Crippen molar-refractivity contribution in [2.45, 2.75) is 13.0 Å². The van der Waals surface area contributed by atoms with Crippen LogP contribution in [0, 0.1) is 0 Å². The second-order valence-electron chi connectivity index (χ2n) is 3.81. The molecule has 0 spiro atoms. The number of methoxy groups -OCH3 is 1. The fourth-order valence-corrected chi connectivity index (χ4v) is 1.74. The maximum absolute atomic E-state index is 11.9. The molecule has 0 aliphatic carbocycles. The van der Waals surface area contributed by atoms with Crippen LogP contribution < -0.4 is 0 Å². The summed E-state index contributed by atoms with van der Waals surface area (Å²) in [6.45, 7) is 2.12. The minimum atomic E-state index is -0.232. The van der Waals surface area contributed by atoms with Crippen LogP contribution in [0.15, 0.2) is 24.3 Å². The van der Waals surface area contributed by atoms with Crippen LogP contribution in [0.3, 0.4) is 0 Å². The molecule has 4 heteroatoms. The maximum atomic E-state index is 11.9. The molecule has 0 bridgehead atoms. The van der Waals surface area contributed by atoms with Crippen LogP contribution in [0.2, 0.25) is 0 Å². The average molecular weight is 219 g/mol. The molecule has 1 aromatic rings. The molecule has 0 saturated carbocycles. The van der Waals surface area contributed by atoms with E-state index >= 15 is 0 Å². The van der Waals surface area contributed by atoms with Gasteiger partial charge in [-0.25, -0.2) is 0 Å². The van der Waals surface area contributed by atoms with Crippen molar-refractivity contribution in [3.63, 3.8) is 0 Å². The molecule has 2 amide bonds. The van der Waals surface area contributed by atoms with Crippen molar-refractivity contribution < 1.29 is 14.3 Å². The first-order valence-electron chi connectivity index (χ1n) is 5.13. The molecule has 1 heterocycles. The van der Waals surface area contributed by atoms with Gasteiger partial charge in [-0.15, -0.1) is 0 Å². The summed E-state index contributed by atoms with van der Waals surface area (Å²) in [5, 5.41) is 0. The Labute approximate surface area is 93.8 Å². The molecular formula is C12H13NO3. The van der Waals surface area contributed by atoms with E-state index in [0.29, 0.717) is 17.7 Å². The summed E-state index contributed by atoms with van der Waals surface area (Å²) in [5.41, 5.74) is 0.964. The lowest BCUT2D eigenvalue weighted by Gasteiger charge is -2.17.